The summed E-state index contributed by atoms with van der Waals surface area (Å²) in [5.41, 5.74) is 0. The van der Waals surface area contributed by atoms with E-state index in [-0.39, 0.29) is 25.7 Å². The summed E-state index contributed by atoms with van der Waals surface area (Å²) >= 11 is 0. The van der Waals surface area contributed by atoms with Gasteiger partial charge in [0.15, 0.2) is 12.2 Å². The average Bonchev–Trinajstić information content (AvgIpc) is 2.19. The Morgan fingerprint density at radius 2 is 0.511 bits per heavy atom. The van der Waals surface area contributed by atoms with E-state index in [4.69, 9.17) is 37.0 Å². The molecule has 3 N–H and O–H groups in total. The van der Waals surface area contributed by atoms with Crippen molar-refractivity contribution in [1.82, 2.24) is 0 Å². The van der Waals surface area contributed by atoms with Crippen molar-refractivity contribution in [1.29, 1.82) is 0 Å². The molecule has 0 fully saturated rings. The molecule has 0 aliphatic heterocycles. The lowest BCUT2D eigenvalue weighted by atomic mass is 9.99. The molecule has 19 heteroatoms. The third-order valence-corrected chi connectivity index (χ3v) is 19.9. The van der Waals surface area contributed by atoms with Gasteiger partial charge < -0.3 is 33.8 Å². The van der Waals surface area contributed by atoms with Crippen LogP contribution < -0.4 is 0 Å². The first-order valence-electron chi connectivity index (χ1n) is 38.8. The number of unbranched alkanes of at least 4 members (excludes halogenated alkanes) is 36. The summed E-state index contributed by atoms with van der Waals surface area (Å²) < 4.78 is 68.5. The molecule has 558 valence electrons. The predicted molar refractivity (Wildman–Crippen MR) is 381 cm³/mol. The maximum atomic E-state index is 13.1. The highest BCUT2D eigenvalue weighted by Gasteiger charge is 2.30. The second kappa shape index (κ2) is 64.4. The molecule has 0 spiro atoms. The minimum absolute atomic E-state index is 0.104. The number of rotatable bonds is 72. The summed E-state index contributed by atoms with van der Waals surface area (Å²) in [4.78, 5) is 72.8. The van der Waals surface area contributed by atoms with Crippen LogP contribution in [0.15, 0.2) is 0 Å². The van der Waals surface area contributed by atoms with Crippen molar-refractivity contribution >= 4 is 39.5 Å². The number of phosphoric ester groups is 2. The molecule has 0 amide bonds. The number of carbonyl (C=O) groups excluding carboxylic acids is 4. The molecule has 0 aromatic heterocycles. The van der Waals surface area contributed by atoms with Gasteiger partial charge in [-0.15, -0.1) is 0 Å². The van der Waals surface area contributed by atoms with Crippen molar-refractivity contribution in [2.24, 2.45) is 23.7 Å². The normalized spacial score (nSPS) is 14.7. The molecule has 0 saturated carbocycles. The second-order valence-corrected chi connectivity index (χ2v) is 31.4. The Morgan fingerprint density at radius 3 is 0.755 bits per heavy atom. The van der Waals surface area contributed by atoms with Gasteiger partial charge >= 0.3 is 39.5 Å². The molecule has 0 aliphatic carbocycles. The van der Waals surface area contributed by atoms with Gasteiger partial charge in [0, 0.05) is 25.7 Å². The first-order chi connectivity index (χ1) is 45.2. The van der Waals surface area contributed by atoms with Gasteiger partial charge in [-0.1, -0.05) is 325 Å². The number of carbonyl (C=O) groups is 4. The Hall–Kier alpha value is -1.94. The van der Waals surface area contributed by atoms with Crippen molar-refractivity contribution in [2.75, 3.05) is 39.6 Å². The zero-order valence-electron chi connectivity index (χ0n) is 61.6. The van der Waals surface area contributed by atoms with Crippen LogP contribution in [0.5, 0.6) is 0 Å². The summed E-state index contributed by atoms with van der Waals surface area (Å²) in [5.74, 6) is 0.982. The number of hydrogen-bond acceptors (Lipinski definition) is 15. The molecule has 0 bridgehead atoms. The maximum absolute atomic E-state index is 13.1. The fourth-order valence-electron chi connectivity index (χ4n) is 11.3. The van der Waals surface area contributed by atoms with E-state index in [0.717, 1.165) is 114 Å². The van der Waals surface area contributed by atoms with Crippen LogP contribution in [0, 0.1) is 23.7 Å². The smallest absolute Gasteiger partial charge is 0.462 e. The monoisotopic (exact) mass is 1380 g/mol. The van der Waals surface area contributed by atoms with E-state index < -0.39 is 97.5 Å². The van der Waals surface area contributed by atoms with Crippen molar-refractivity contribution in [3.63, 3.8) is 0 Å². The van der Waals surface area contributed by atoms with Crippen LogP contribution in [0.25, 0.3) is 0 Å². The highest BCUT2D eigenvalue weighted by molar-refractivity contribution is 7.47. The van der Waals surface area contributed by atoms with Gasteiger partial charge in [-0.3, -0.25) is 37.3 Å². The van der Waals surface area contributed by atoms with Crippen LogP contribution >= 0.6 is 15.6 Å². The first kappa shape index (κ1) is 92.1. The number of esters is 4. The molecule has 0 aliphatic rings. The summed E-state index contributed by atoms with van der Waals surface area (Å²) in [6.07, 6.45) is 48.4. The molecule has 0 saturated heterocycles. The minimum Gasteiger partial charge on any atom is -0.462 e. The Morgan fingerprint density at radius 1 is 0.298 bits per heavy atom. The van der Waals surface area contributed by atoms with Crippen LogP contribution in [-0.2, 0) is 65.4 Å². The fraction of sp³-hybridized carbons (Fsp3) is 0.947. The molecule has 17 nitrogen and oxygen atoms in total. The number of aliphatic hydroxyl groups excluding tert-OH is 1. The Labute approximate surface area is 575 Å². The molecular weight excluding hydrogens is 1230 g/mol. The van der Waals surface area contributed by atoms with Crippen molar-refractivity contribution in [2.45, 2.75) is 395 Å². The molecule has 94 heavy (non-hydrogen) atoms. The zero-order valence-corrected chi connectivity index (χ0v) is 63.4. The third kappa shape index (κ3) is 66.0. The van der Waals surface area contributed by atoms with Crippen LogP contribution in [0.2, 0.25) is 0 Å². The number of ether oxygens (including phenoxy) is 4. The van der Waals surface area contributed by atoms with E-state index in [2.05, 4.69) is 55.4 Å². The number of aliphatic hydroxyl groups is 1. The number of phosphoric acid groups is 2. The zero-order chi connectivity index (χ0) is 69.6. The molecule has 7 atom stereocenters. The molecule has 0 radical (unpaired) electrons. The van der Waals surface area contributed by atoms with Gasteiger partial charge in [0.05, 0.1) is 26.4 Å². The largest absolute Gasteiger partial charge is 0.472 e. The lowest BCUT2D eigenvalue weighted by molar-refractivity contribution is -0.161. The molecular formula is C75H146O17P2. The molecule has 0 aromatic carbocycles. The SMILES string of the molecule is CCC(C)CCCCCCCCCCC(=O)OC[C@H](COP(=O)(O)OC[C@H](O)COP(=O)(O)OC[C@@H](COC(=O)CCCCCCCCCCCCCC(C)C)OC(=O)CCCCCCCCCCCCCCCC(C)C)OC(=O)CCCCCCCCCCC(C)CC. The van der Waals surface area contributed by atoms with Crippen LogP contribution in [0.3, 0.4) is 0 Å². The summed E-state index contributed by atoms with van der Waals surface area (Å²) in [6.45, 7) is 14.2. The first-order valence-corrected chi connectivity index (χ1v) is 41.8. The van der Waals surface area contributed by atoms with Crippen LogP contribution in [0.1, 0.15) is 376 Å². The Balaban J connectivity index is 5.28. The van der Waals surface area contributed by atoms with Gasteiger partial charge in [-0.25, -0.2) is 9.13 Å². The Bertz CT molecular complexity index is 1850. The molecule has 0 heterocycles. The quantitative estimate of drug-likeness (QED) is 0.0222. The molecule has 4 unspecified atom stereocenters. The Kier molecular flexibility index (Phi) is 63.1. The van der Waals surface area contributed by atoms with Gasteiger partial charge in [-0.05, 0) is 49.4 Å². The van der Waals surface area contributed by atoms with E-state index in [1.54, 1.807) is 0 Å². The van der Waals surface area contributed by atoms with E-state index in [1.807, 2.05) is 0 Å². The predicted octanol–water partition coefficient (Wildman–Crippen LogP) is 21.7. The van der Waals surface area contributed by atoms with E-state index in [0.29, 0.717) is 25.7 Å². The molecule has 0 rings (SSSR count). The highest BCUT2D eigenvalue weighted by atomic mass is 31.2. The minimum atomic E-state index is -4.96. The van der Waals surface area contributed by atoms with Gasteiger partial charge in [0.1, 0.15) is 19.3 Å². The lowest BCUT2D eigenvalue weighted by Gasteiger charge is -2.21. The third-order valence-electron chi connectivity index (χ3n) is 18.0. The standard InChI is InChI=1S/C75H146O17P2/c1-9-67(7)53-45-37-29-23-25-32-40-48-56-73(78)86-62-71(92-75(80)58-50-42-34-26-24-30-38-46-54-68(8)10-2)64-90-94(83,84)88-60-69(76)59-87-93(81,82)89-63-70(61-85-72(77)55-47-39-31-21-18-14-16-20-28-36-44-52-66(5)6)91-74(79)57-49-41-33-22-17-13-11-12-15-19-27-35-43-51-65(3)4/h65-71,76H,9-64H2,1-8H3,(H,81,82)(H,83,84)/t67?,68?,69-,70-,71-/m1/s1. The van der Waals surface area contributed by atoms with Crippen molar-refractivity contribution < 1.29 is 80.2 Å². The van der Waals surface area contributed by atoms with E-state index in [1.165, 1.54) is 180 Å². The highest BCUT2D eigenvalue weighted by Crippen LogP contribution is 2.45. The van der Waals surface area contributed by atoms with Crippen molar-refractivity contribution in [3.05, 3.63) is 0 Å². The molecule has 0 aromatic rings. The maximum Gasteiger partial charge on any atom is 0.472 e. The van der Waals surface area contributed by atoms with Crippen LogP contribution in [-0.4, -0.2) is 96.7 Å². The number of hydrogen-bond donors (Lipinski definition) is 3. The fourth-order valence-corrected chi connectivity index (χ4v) is 12.9. The topological polar surface area (TPSA) is 237 Å². The lowest BCUT2D eigenvalue weighted by Crippen LogP contribution is -2.30. The summed E-state index contributed by atoms with van der Waals surface area (Å²) in [6, 6.07) is 0. The van der Waals surface area contributed by atoms with E-state index >= 15 is 0 Å². The van der Waals surface area contributed by atoms with Gasteiger partial charge in [0.25, 0.3) is 0 Å². The average molecular weight is 1380 g/mol. The van der Waals surface area contributed by atoms with Gasteiger partial charge in [0.2, 0.25) is 0 Å². The van der Waals surface area contributed by atoms with E-state index in [9.17, 15) is 43.2 Å². The van der Waals surface area contributed by atoms with Gasteiger partial charge in [-0.2, -0.15) is 0 Å². The summed E-state index contributed by atoms with van der Waals surface area (Å²) in [7, 11) is -9.91. The van der Waals surface area contributed by atoms with Crippen LogP contribution in [0.4, 0.5) is 0 Å². The summed E-state index contributed by atoms with van der Waals surface area (Å²) in [5, 5.41) is 10.6. The second-order valence-electron chi connectivity index (χ2n) is 28.5. The van der Waals surface area contributed by atoms with Crippen molar-refractivity contribution in [3.8, 4) is 0 Å².